The molecule has 2 saturated heterocycles. The summed E-state index contributed by atoms with van der Waals surface area (Å²) in [5, 5.41) is 16.3. The number of nitrogens with one attached hydrogen (secondary N) is 2. The molecule has 3 N–H and O–H groups in total. The molecule has 2 heterocycles. The third kappa shape index (κ3) is 10.1. The van der Waals surface area contributed by atoms with Gasteiger partial charge in [-0.3, -0.25) is 14.5 Å². The molecule has 0 spiro atoms. The van der Waals surface area contributed by atoms with E-state index in [1.54, 1.807) is 11.8 Å². The maximum atomic E-state index is 13.7. The summed E-state index contributed by atoms with van der Waals surface area (Å²) >= 11 is 1.55. The Morgan fingerprint density at radius 3 is 2.50 bits per heavy atom. The number of likely N-dealkylation sites (tertiary alicyclic amines) is 1. The van der Waals surface area contributed by atoms with E-state index in [2.05, 4.69) is 59.4 Å². The number of nitrogens with zero attached hydrogens (tertiary/aromatic N) is 3. The fraction of sp³-hybridized carbons (Fsp3) is 0.581. The molecule has 3 atom stereocenters. The quantitative estimate of drug-likeness (QED) is 0.223. The number of allylic oxidation sites excluding steroid dienone is 1. The number of β-amino-alcohol motifs (C(OH)–C–C–N with tert-alkyl or cyclic N) is 1. The van der Waals surface area contributed by atoms with Crippen LogP contribution < -0.4 is 31.8 Å². The summed E-state index contributed by atoms with van der Waals surface area (Å²) in [7, 11) is 2.07. The molecule has 0 saturated carbocycles. The van der Waals surface area contributed by atoms with E-state index in [9.17, 15) is 19.5 Å². The van der Waals surface area contributed by atoms with Crippen LogP contribution in [0, 0.1) is 0 Å². The normalized spacial score (nSPS) is 21.1. The first kappa shape index (κ1) is 34.6. The fourth-order valence-corrected chi connectivity index (χ4v) is 8.19. The van der Waals surface area contributed by atoms with Crippen LogP contribution in [0.3, 0.4) is 0 Å². The molecule has 2 aliphatic heterocycles. The zero-order valence-electron chi connectivity index (χ0n) is 25.4. The second-order valence-electron chi connectivity index (χ2n) is 11.0. The van der Waals surface area contributed by atoms with Crippen LogP contribution in [0.5, 0.6) is 0 Å². The van der Waals surface area contributed by atoms with Crippen molar-refractivity contribution in [1.82, 2.24) is 25.3 Å². The Balaban J connectivity index is 1.62. The van der Waals surface area contributed by atoms with E-state index >= 15 is 0 Å². The predicted octanol–water partition coefficient (Wildman–Crippen LogP) is -0.529. The van der Waals surface area contributed by atoms with Crippen LogP contribution in [0.4, 0.5) is 0 Å². The first-order chi connectivity index (χ1) is 20.2. The number of amides is 3. The number of hydrogen-bond donors (Lipinski definition) is 3. The molecule has 0 aliphatic carbocycles. The van der Waals surface area contributed by atoms with Gasteiger partial charge in [-0.1, -0.05) is 19.8 Å². The van der Waals surface area contributed by atoms with E-state index in [1.165, 1.54) is 13.4 Å². The third-order valence-corrected chi connectivity index (χ3v) is 11.0. The topological polar surface area (TPSA) is 105 Å². The monoisotopic (exact) mass is 712 g/mol. The van der Waals surface area contributed by atoms with E-state index in [0.29, 0.717) is 13.0 Å². The summed E-state index contributed by atoms with van der Waals surface area (Å²) in [6.07, 6.45) is 3.63. The molecule has 1 aromatic carbocycles. The number of rotatable bonds is 14. The van der Waals surface area contributed by atoms with Crippen LogP contribution in [0.25, 0.3) is 4.91 Å². The van der Waals surface area contributed by atoms with Crippen LogP contribution in [-0.4, -0.2) is 108 Å². The van der Waals surface area contributed by atoms with Crippen molar-refractivity contribution in [2.75, 3.05) is 52.6 Å². The minimum atomic E-state index is -0.782. The Morgan fingerprint density at radius 2 is 1.88 bits per heavy atom. The number of carbonyl (C=O) groups is 3. The molecule has 0 bridgehead atoms. The number of likely N-dealkylation sites (N-methyl/N-ethyl adjacent to an activating group) is 1. The minimum absolute atomic E-state index is 0.0824. The van der Waals surface area contributed by atoms with Crippen molar-refractivity contribution in [3.8, 4) is 0 Å². The zero-order valence-corrected chi connectivity index (χ0v) is 28.4. The molecule has 0 unspecified atom stereocenters. The van der Waals surface area contributed by atoms with E-state index in [0.717, 1.165) is 50.1 Å². The Kier molecular flexibility index (Phi) is 14.3. The molecule has 0 aromatic heterocycles. The number of halogens is 1. The number of hydrogen-bond acceptors (Lipinski definition) is 7. The molecule has 11 heteroatoms. The van der Waals surface area contributed by atoms with Crippen molar-refractivity contribution < 1.29 is 40.7 Å². The maximum absolute atomic E-state index is 13.7. The molecule has 9 nitrogen and oxygen atoms in total. The van der Waals surface area contributed by atoms with Crippen LogP contribution >= 0.6 is 11.8 Å². The van der Waals surface area contributed by atoms with E-state index in [4.69, 9.17) is 0 Å². The standard InChI is InChI=1S/C31H47IN5O4S/c1-6-8-9-26(34-28(39)21-36-16-14-35(4)15-17-36)31(41)37-20-25(38)18-27(37)30(40)33-19-23-10-12-24(13-11-23)29(42-5)22(3)32-7-2/h7,10-13,25-27,38H,2,6,8-9,14-21H2,1,3-5H3,(H,33,40)(H,34,39)/q-1/b29-22-/t25-,26+,27+/m0/s1. The Bertz CT molecular complexity index is 1110. The van der Waals surface area contributed by atoms with Gasteiger partial charge in [0.05, 0.1) is 6.54 Å². The van der Waals surface area contributed by atoms with Gasteiger partial charge >= 0.3 is 159 Å². The van der Waals surface area contributed by atoms with Crippen LogP contribution in [0.1, 0.15) is 50.7 Å². The number of aliphatic hydroxyl groups is 1. The van der Waals surface area contributed by atoms with Crippen molar-refractivity contribution in [3.05, 3.63) is 49.6 Å². The zero-order chi connectivity index (χ0) is 30.6. The Hall–Kier alpha value is -1.93. The van der Waals surface area contributed by atoms with Gasteiger partial charge in [0.2, 0.25) is 5.91 Å². The van der Waals surface area contributed by atoms with E-state index in [-0.39, 0.29) is 58.4 Å². The molecule has 1 aromatic rings. The van der Waals surface area contributed by atoms with E-state index in [1.807, 2.05) is 23.1 Å². The third-order valence-electron chi connectivity index (χ3n) is 7.75. The summed E-state index contributed by atoms with van der Waals surface area (Å²) in [6.45, 7) is 12.2. The molecule has 234 valence electrons. The molecular formula is C31H47IN5O4S-. The summed E-state index contributed by atoms with van der Waals surface area (Å²) in [4.78, 5) is 46.9. The summed E-state index contributed by atoms with van der Waals surface area (Å²) in [5.41, 5.74) is 2.11. The summed E-state index contributed by atoms with van der Waals surface area (Å²) < 4.78 is 3.38. The second-order valence-corrected chi connectivity index (χ2v) is 14.9. The Morgan fingerprint density at radius 1 is 1.19 bits per heavy atom. The van der Waals surface area contributed by atoms with Gasteiger partial charge in [0.25, 0.3) is 0 Å². The molecule has 42 heavy (non-hydrogen) atoms. The van der Waals surface area contributed by atoms with Crippen LogP contribution in [-0.2, 0) is 20.9 Å². The summed E-state index contributed by atoms with van der Waals surface area (Å²) in [5.74, 6) is -0.775. The van der Waals surface area contributed by atoms with E-state index < -0.39 is 18.2 Å². The van der Waals surface area contributed by atoms with Gasteiger partial charge in [-0.2, -0.15) is 0 Å². The SMILES string of the molecule is C=C[I-]/C(C)=C(\SC)c1ccc(CNC(=O)[C@H]2C[C@H](O)CN2C(=O)[C@@H](CCCC)NC(=O)CN2CCN(C)CC2)cc1. The van der Waals surface area contributed by atoms with Gasteiger partial charge in [0.1, 0.15) is 6.04 Å². The van der Waals surface area contributed by atoms with Gasteiger partial charge < -0.3 is 15.3 Å². The van der Waals surface area contributed by atoms with Gasteiger partial charge in [0, 0.05) is 26.2 Å². The first-order valence-electron chi connectivity index (χ1n) is 14.7. The number of thioether (sulfide) groups is 1. The number of unbranched alkanes of at least 4 members (excludes halogenated alkanes) is 1. The molecular weight excluding hydrogens is 665 g/mol. The number of aliphatic hydroxyl groups excluding tert-OH is 1. The van der Waals surface area contributed by atoms with Crippen LogP contribution in [0.2, 0.25) is 0 Å². The fourth-order valence-electron chi connectivity index (χ4n) is 5.32. The first-order valence-corrected chi connectivity index (χ1v) is 18.3. The molecule has 2 fully saturated rings. The summed E-state index contributed by atoms with van der Waals surface area (Å²) in [6, 6.07) is 6.66. The van der Waals surface area contributed by atoms with Crippen molar-refractivity contribution in [2.45, 2.75) is 64.3 Å². The van der Waals surface area contributed by atoms with Gasteiger partial charge in [0.15, 0.2) is 0 Å². The second kappa shape index (κ2) is 17.4. The average molecular weight is 713 g/mol. The van der Waals surface area contributed by atoms with Gasteiger partial charge in [-0.05, 0) is 13.5 Å². The van der Waals surface area contributed by atoms with Crippen molar-refractivity contribution in [2.24, 2.45) is 0 Å². The number of piperazine rings is 1. The molecule has 3 rings (SSSR count). The molecule has 0 radical (unpaired) electrons. The average Bonchev–Trinajstić information content (AvgIpc) is 3.37. The predicted molar refractivity (Wildman–Crippen MR) is 166 cm³/mol. The van der Waals surface area contributed by atoms with Crippen LogP contribution in [0.15, 0.2) is 38.5 Å². The van der Waals surface area contributed by atoms with Crippen molar-refractivity contribution >= 4 is 34.4 Å². The van der Waals surface area contributed by atoms with Crippen molar-refractivity contribution in [1.29, 1.82) is 0 Å². The van der Waals surface area contributed by atoms with Gasteiger partial charge in [-0.25, -0.2) is 0 Å². The molecule has 2 aliphatic rings. The Labute approximate surface area is 265 Å². The van der Waals surface area contributed by atoms with Crippen molar-refractivity contribution in [3.63, 3.8) is 0 Å². The van der Waals surface area contributed by atoms with Gasteiger partial charge in [-0.15, -0.1) is 0 Å². The number of carbonyl (C=O) groups excluding carboxylic acids is 3. The number of benzene rings is 1. The molecule has 3 amide bonds.